The molecule has 1 fully saturated rings. The summed E-state index contributed by atoms with van der Waals surface area (Å²) in [5.74, 6) is 1.54. The van der Waals surface area contributed by atoms with Crippen molar-refractivity contribution >= 4 is 0 Å². The minimum Gasteiger partial charge on any atom is -0.424 e. The van der Waals surface area contributed by atoms with E-state index in [1.54, 1.807) is 0 Å². The van der Waals surface area contributed by atoms with Gasteiger partial charge in [-0.25, -0.2) is 0 Å². The summed E-state index contributed by atoms with van der Waals surface area (Å²) in [5, 5.41) is 11.5. The topological polar surface area (TPSA) is 51.0 Å². The van der Waals surface area contributed by atoms with Crippen LogP contribution in [0.5, 0.6) is 0 Å². The van der Waals surface area contributed by atoms with Crippen LogP contribution in [0.3, 0.4) is 0 Å². The molecule has 102 valence electrons. The lowest BCUT2D eigenvalue weighted by atomic mass is 10.1. The maximum Gasteiger partial charge on any atom is 0.230 e. The lowest BCUT2D eigenvalue weighted by Gasteiger charge is -1.98. The van der Waals surface area contributed by atoms with E-state index in [4.69, 9.17) is 4.42 Å². The third kappa shape index (κ3) is 5.17. The Morgan fingerprint density at radius 3 is 2.56 bits per heavy atom. The lowest BCUT2D eigenvalue weighted by molar-refractivity contribution is 0.424. The Kier molecular flexibility index (Phi) is 5.65. The predicted octanol–water partition coefficient (Wildman–Crippen LogP) is 3.22. The van der Waals surface area contributed by atoms with Gasteiger partial charge in [0.1, 0.15) is 0 Å². The molecule has 1 aromatic rings. The van der Waals surface area contributed by atoms with Gasteiger partial charge in [0, 0.05) is 12.5 Å². The van der Waals surface area contributed by atoms with Crippen molar-refractivity contribution in [2.75, 3.05) is 0 Å². The van der Waals surface area contributed by atoms with Crippen LogP contribution in [0.2, 0.25) is 0 Å². The summed E-state index contributed by atoms with van der Waals surface area (Å²) in [5.41, 5.74) is 0. The Balaban J connectivity index is 1.54. The van der Waals surface area contributed by atoms with Crippen molar-refractivity contribution in [3.8, 4) is 0 Å². The van der Waals surface area contributed by atoms with Gasteiger partial charge in [-0.15, -0.1) is 10.2 Å². The SMILES string of the molecule is CCCCCCCCc1nnc(CNC2CC2)o1. The van der Waals surface area contributed by atoms with Crippen LogP contribution in [0, 0.1) is 0 Å². The summed E-state index contributed by atoms with van der Waals surface area (Å²) in [6.07, 6.45) is 11.3. The molecule has 4 nitrogen and oxygen atoms in total. The highest BCUT2D eigenvalue weighted by molar-refractivity contribution is 4.86. The Hall–Kier alpha value is -0.900. The molecule has 4 heteroatoms. The highest BCUT2D eigenvalue weighted by Gasteiger charge is 2.21. The molecular formula is C14H25N3O. The second-order valence-corrected chi connectivity index (χ2v) is 5.26. The first kappa shape index (κ1) is 13.5. The van der Waals surface area contributed by atoms with Crippen LogP contribution in [0.1, 0.15) is 70.1 Å². The fourth-order valence-electron chi connectivity index (χ4n) is 2.04. The normalized spacial score (nSPS) is 15.2. The second-order valence-electron chi connectivity index (χ2n) is 5.26. The van der Waals surface area contributed by atoms with Gasteiger partial charge in [0.05, 0.1) is 6.54 Å². The maximum atomic E-state index is 5.60. The first-order chi connectivity index (χ1) is 8.88. The Morgan fingerprint density at radius 2 is 1.78 bits per heavy atom. The van der Waals surface area contributed by atoms with Gasteiger partial charge in [0.15, 0.2) is 0 Å². The Bertz CT molecular complexity index is 334. The molecule has 1 aliphatic carbocycles. The number of aryl methyl sites for hydroxylation is 1. The predicted molar refractivity (Wildman–Crippen MR) is 71.2 cm³/mol. The number of aromatic nitrogens is 2. The molecule has 1 saturated carbocycles. The molecule has 0 radical (unpaired) electrons. The van der Waals surface area contributed by atoms with Crippen molar-refractivity contribution < 1.29 is 4.42 Å². The van der Waals surface area contributed by atoms with Gasteiger partial charge in [-0.05, 0) is 19.3 Å². The molecule has 1 aromatic heterocycles. The first-order valence-electron chi connectivity index (χ1n) is 7.43. The fraction of sp³-hybridized carbons (Fsp3) is 0.857. The molecule has 1 heterocycles. The van der Waals surface area contributed by atoms with Gasteiger partial charge in [0.25, 0.3) is 0 Å². The Labute approximate surface area is 110 Å². The fourth-order valence-corrected chi connectivity index (χ4v) is 2.04. The minimum absolute atomic E-state index is 0.693. The molecule has 0 spiro atoms. The van der Waals surface area contributed by atoms with E-state index in [0.717, 1.165) is 24.7 Å². The first-order valence-corrected chi connectivity index (χ1v) is 7.43. The molecule has 1 aliphatic rings. The van der Waals surface area contributed by atoms with Crippen molar-refractivity contribution in [2.24, 2.45) is 0 Å². The zero-order valence-electron chi connectivity index (χ0n) is 11.5. The standard InChI is InChI=1S/C14H25N3O/c1-2-3-4-5-6-7-8-13-16-17-14(18-13)11-15-12-9-10-12/h12,15H,2-11H2,1H3. The molecule has 1 N–H and O–H groups in total. The molecular weight excluding hydrogens is 226 g/mol. The minimum atomic E-state index is 0.693. The van der Waals surface area contributed by atoms with Gasteiger partial charge >= 0.3 is 0 Å². The smallest absolute Gasteiger partial charge is 0.230 e. The third-order valence-corrected chi connectivity index (χ3v) is 3.37. The van der Waals surface area contributed by atoms with Crippen molar-refractivity contribution in [3.05, 3.63) is 11.8 Å². The van der Waals surface area contributed by atoms with Crippen molar-refractivity contribution in [1.29, 1.82) is 0 Å². The van der Waals surface area contributed by atoms with Crippen LogP contribution in [-0.4, -0.2) is 16.2 Å². The van der Waals surface area contributed by atoms with Crippen LogP contribution < -0.4 is 5.32 Å². The molecule has 18 heavy (non-hydrogen) atoms. The van der Waals surface area contributed by atoms with Crippen LogP contribution in [-0.2, 0) is 13.0 Å². The highest BCUT2D eigenvalue weighted by atomic mass is 16.4. The van der Waals surface area contributed by atoms with E-state index in [0.29, 0.717) is 6.04 Å². The summed E-state index contributed by atoms with van der Waals surface area (Å²) >= 11 is 0. The average Bonchev–Trinajstić information content (AvgIpc) is 3.11. The molecule has 0 saturated heterocycles. The van der Waals surface area contributed by atoms with Crippen molar-refractivity contribution in [3.63, 3.8) is 0 Å². The molecule has 0 amide bonds. The van der Waals surface area contributed by atoms with E-state index in [2.05, 4.69) is 22.4 Å². The number of nitrogens with zero attached hydrogens (tertiary/aromatic N) is 2. The van der Waals surface area contributed by atoms with E-state index in [-0.39, 0.29) is 0 Å². The zero-order valence-corrected chi connectivity index (χ0v) is 11.5. The molecule has 0 bridgehead atoms. The number of unbranched alkanes of at least 4 members (excludes halogenated alkanes) is 5. The highest BCUT2D eigenvalue weighted by Crippen LogP contribution is 2.19. The van der Waals surface area contributed by atoms with Crippen LogP contribution in [0.4, 0.5) is 0 Å². The van der Waals surface area contributed by atoms with Gasteiger partial charge in [-0.3, -0.25) is 0 Å². The average molecular weight is 251 g/mol. The van der Waals surface area contributed by atoms with Crippen LogP contribution >= 0.6 is 0 Å². The third-order valence-electron chi connectivity index (χ3n) is 3.37. The van der Waals surface area contributed by atoms with Crippen LogP contribution in [0.15, 0.2) is 4.42 Å². The largest absolute Gasteiger partial charge is 0.424 e. The number of hydrogen-bond donors (Lipinski definition) is 1. The summed E-state index contributed by atoms with van der Waals surface area (Å²) in [4.78, 5) is 0. The zero-order chi connectivity index (χ0) is 12.6. The molecule has 0 atom stereocenters. The molecule has 2 rings (SSSR count). The lowest BCUT2D eigenvalue weighted by Crippen LogP contribution is -2.15. The van der Waals surface area contributed by atoms with Crippen LogP contribution in [0.25, 0.3) is 0 Å². The van der Waals surface area contributed by atoms with Gasteiger partial charge in [-0.2, -0.15) is 0 Å². The van der Waals surface area contributed by atoms with E-state index in [1.807, 2.05) is 0 Å². The Morgan fingerprint density at radius 1 is 1.06 bits per heavy atom. The van der Waals surface area contributed by atoms with E-state index in [1.165, 1.54) is 51.4 Å². The van der Waals surface area contributed by atoms with Crippen molar-refractivity contribution in [2.45, 2.75) is 77.3 Å². The summed E-state index contributed by atoms with van der Waals surface area (Å²) in [6.45, 7) is 2.98. The molecule has 0 aliphatic heterocycles. The summed E-state index contributed by atoms with van der Waals surface area (Å²) in [7, 11) is 0. The molecule has 0 unspecified atom stereocenters. The summed E-state index contributed by atoms with van der Waals surface area (Å²) < 4.78 is 5.60. The second kappa shape index (κ2) is 7.52. The van der Waals surface area contributed by atoms with Crippen molar-refractivity contribution in [1.82, 2.24) is 15.5 Å². The quantitative estimate of drug-likeness (QED) is 0.649. The van der Waals surface area contributed by atoms with E-state index >= 15 is 0 Å². The van der Waals surface area contributed by atoms with Gasteiger partial charge in [0.2, 0.25) is 11.8 Å². The maximum absolute atomic E-state index is 5.60. The van der Waals surface area contributed by atoms with E-state index < -0.39 is 0 Å². The summed E-state index contributed by atoms with van der Waals surface area (Å²) in [6, 6.07) is 0.693. The monoisotopic (exact) mass is 251 g/mol. The number of nitrogens with one attached hydrogen (secondary N) is 1. The molecule has 0 aromatic carbocycles. The van der Waals surface area contributed by atoms with E-state index in [9.17, 15) is 0 Å². The number of rotatable bonds is 10. The van der Waals surface area contributed by atoms with Gasteiger partial charge in [-0.1, -0.05) is 39.0 Å². The number of hydrogen-bond acceptors (Lipinski definition) is 4. The van der Waals surface area contributed by atoms with Gasteiger partial charge < -0.3 is 9.73 Å².